The van der Waals surface area contributed by atoms with E-state index < -0.39 is 21.5 Å². The zero-order valence-corrected chi connectivity index (χ0v) is 13.1. The normalized spacial score (nSPS) is 24.2. The van der Waals surface area contributed by atoms with Gasteiger partial charge in [-0.25, -0.2) is 17.2 Å². The van der Waals surface area contributed by atoms with Gasteiger partial charge in [0, 0.05) is 18.8 Å². The Morgan fingerprint density at radius 2 is 2.00 bits per heavy atom. The summed E-state index contributed by atoms with van der Waals surface area (Å²) in [5, 5.41) is 2.94. The minimum Gasteiger partial charge on any atom is -0.312 e. The van der Waals surface area contributed by atoms with Crippen molar-refractivity contribution in [3.63, 3.8) is 0 Å². The summed E-state index contributed by atoms with van der Waals surface area (Å²) in [5.74, 6) is -1.72. The van der Waals surface area contributed by atoms with Crippen LogP contribution >= 0.6 is 0 Å². The highest BCUT2D eigenvalue weighted by atomic mass is 32.2. The summed E-state index contributed by atoms with van der Waals surface area (Å²) < 4.78 is 49.6. The summed E-state index contributed by atoms with van der Waals surface area (Å²) >= 11 is 0. The molecule has 3 nitrogen and oxygen atoms in total. The van der Waals surface area contributed by atoms with Gasteiger partial charge in [0.05, 0.1) is 5.25 Å². The molecule has 2 rings (SSSR count). The number of hydrogen-bond donors (Lipinski definition) is 1. The Morgan fingerprint density at radius 3 is 2.62 bits per heavy atom. The van der Waals surface area contributed by atoms with Crippen LogP contribution < -0.4 is 5.32 Å². The van der Waals surface area contributed by atoms with Gasteiger partial charge >= 0.3 is 0 Å². The maximum atomic E-state index is 13.2. The maximum Gasteiger partial charge on any atom is 0.159 e. The van der Waals surface area contributed by atoms with Gasteiger partial charge in [-0.05, 0) is 36.5 Å². The van der Waals surface area contributed by atoms with Gasteiger partial charge in [0.15, 0.2) is 21.5 Å². The molecule has 0 heterocycles. The van der Waals surface area contributed by atoms with Crippen LogP contribution in [0.2, 0.25) is 0 Å². The fourth-order valence-corrected chi connectivity index (χ4v) is 4.36. The minimum atomic E-state index is -3.05. The average Bonchev–Trinajstić information content (AvgIpc) is 2.87. The van der Waals surface area contributed by atoms with Crippen molar-refractivity contribution >= 4 is 9.84 Å². The summed E-state index contributed by atoms with van der Waals surface area (Å²) in [4.78, 5) is 0. The molecule has 1 aliphatic carbocycles. The van der Waals surface area contributed by atoms with Crippen LogP contribution in [0.5, 0.6) is 0 Å². The molecule has 3 atom stereocenters. The van der Waals surface area contributed by atoms with Gasteiger partial charge in [0.2, 0.25) is 0 Å². The molecule has 1 aromatic rings. The molecule has 0 radical (unpaired) electrons. The van der Waals surface area contributed by atoms with E-state index in [1.807, 2.05) is 6.92 Å². The van der Waals surface area contributed by atoms with Crippen molar-refractivity contribution in [3.8, 4) is 0 Å². The fraction of sp³-hybridized carbons (Fsp3) is 0.600. The minimum absolute atomic E-state index is 0.0130. The summed E-state index contributed by atoms with van der Waals surface area (Å²) in [6.07, 6.45) is 3.70. The number of nitrogens with one attached hydrogen (secondary N) is 1. The van der Waals surface area contributed by atoms with Crippen LogP contribution in [0.1, 0.15) is 37.7 Å². The Kier molecular flexibility index (Phi) is 4.99. The highest BCUT2D eigenvalue weighted by molar-refractivity contribution is 7.91. The standard InChI is InChI=1S/C15H21F2NO2S/c1-10(11-6-7-12(16)13(17)8-11)9-18-14-4-3-5-15(14)21(2,19)20/h6-8,10,14-15,18H,3-5,9H2,1-2H3. The van der Waals surface area contributed by atoms with Crippen molar-refractivity contribution in [2.24, 2.45) is 0 Å². The van der Waals surface area contributed by atoms with Gasteiger partial charge in [-0.15, -0.1) is 0 Å². The molecule has 0 bridgehead atoms. The quantitative estimate of drug-likeness (QED) is 0.908. The first-order chi connectivity index (χ1) is 9.79. The molecular weight excluding hydrogens is 296 g/mol. The highest BCUT2D eigenvalue weighted by Gasteiger charge is 2.34. The number of halogens is 2. The second kappa shape index (κ2) is 6.40. The summed E-state index contributed by atoms with van der Waals surface area (Å²) in [7, 11) is -3.05. The molecule has 21 heavy (non-hydrogen) atoms. The van der Waals surface area contributed by atoms with Crippen LogP contribution in [0.3, 0.4) is 0 Å². The van der Waals surface area contributed by atoms with Crippen LogP contribution in [0, 0.1) is 11.6 Å². The number of rotatable bonds is 5. The average molecular weight is 317 g/mol. The molecular formula is C15H21F2NO2S. The van der Waals surface area contributed by atoms with Gasteiger partial charge < -0.3 is 5.32 Å². The SMILES string of the molecule is CC(CNC1CCCC1S(C)(=O)=O)c1ccc(F)c(F)c1. The van der Waals surface area contributed by atoms with E-state index in [2.05, 4.69) is 5.32 Å². The van der Waals surface area contributed by atoms with E-state index in [0.717, 1.165) is 18.9 Å². The van der Waals surface area contributed by atoms with Gasteiger partial charge in [-0.3, -0.25) is 0 Å². The Morgan fingerprint density at radius 1 is 1.29 bits per heavy atom. The Labute approximate surface area is 124 Å². The van der Waals surface area contributed by atoms with Crippen molar-refractivity contribution in [2.75, 3.05) is 12.8 Å². The van der Waals surface area contributed by atoms with Crippen LogP contribution in [0.4, 0.5) is 8.78 Å². The van der Waals surface area contributed by atoms with E-state index in [1.54, 1.807) is 6.07 Å². The molecule has 3 unspecified atom stereocenters. The third-order valence-corrected chi connectivity index (χ3v) is 5.87. The predicted molar refractivity (Wildman–Crippen MR) is 79.0 cm³/mol. The molecule has 1 fully saturated rings. The first kappa shape index (κ1) is 16.4. The van der Waals surface area contributed by atoms with E-state index in [9.17, 15) is 17.2 Å². The van der Waals surface area contributed by atoms with Crippen molar-refractivity contribution in [1.29, 1.82) is 0 Å². The summed E-state index contributed by atoms with van der Waals surface area (Å²) in [5.41, 5.74) is 0.704. The second-order valence-corrected chi connectivity index (χ2v) is 8.15. The molecule has 0 aromatic heterocycles. The zero-order chi connectivity index (χ0) is 15.6. The van der Waals surface area contributed by atoms with E-state index in [-0.39, 0.29) is 17.2 Å². The first-order valence-electron chi connectivity index (χ1n) is 7.16. The van der Waals surface area contributed by atoms with E-state index in [0.29, 0.717) is 18.5 Å². The van der Waals surface area contributed by atoms with Crippen LogP contribution in [0.25, 0.3) is 0 Å². The van der Waals surface area contributed by atoms with Crippen molar-refractivity contribution in [3.05, 3.63) is 35.4 Å². The van der Waals surface area contributed by atoms with E-state index >= 15 is 0 Å². The number of hydrogen-bond acceptors (Lipinski definition) is 3. The second-order valence-electron chi connectivity index (χ2n) is 5.89. The maximum absolute atomic E-state index is 13.2. The molecule has 6 heteroatoms. The van der Waals surface area contributed by atoms with Gasteiger partial charge in [0.1, 0.15) is 0 Å². The smallest absolute Gasteiger partial charge is 0.159 e. The lowest BCUT2D eigenvalue weighted by Gasteiger charge is -2.22. The van der Waals surface area contributed by atoms with Gasteiger partial charge in [-0.1, -0.05) is 19.4 Å². The topological polar surface area (TPSA) is 46.2 Å². The molecule has 1 saturated carbocycles. The molecule has 1 N–H and O–H groups in total. The molecule has 1 aliphatic rings. The highest BCUT2D eigenvalue weighted by Crippen LogP contribution is 2.26. The molecule has 0 saturated heterocycles. The van der Waals surface area contributed by atoms with Crippen molar-refractivity contribution < 1.29 is 17.2 Å². The molecule has 0 aliphatic heterocycles. The van der Waals surface area contributed by atoms with Crippen LogP contribution in [-0.4, -0.2) is 32.5 Å². The van der Waals surface area contributed by atoms with E-state index in [1.165, 1.54) is 12.3 Å². The summed E-state index contributed by atoms with van der Waals surface area (Å²) in [6, 6.07) is 3.83. The lowest BCUT2D eigenvalue weighted by atomic mass is 10.0. The van der Waals surface area contributed by atoms with E-state index in [4.69, 9.17) is 0 Å². The first-order valence-corrected chi connectivity index (χ1v) is 9.11. The van der Waals surface area contributed by atoms with Crippen molar-refractivity contribution in [1.82, 2.24) is 5.32 Å². The third kappa shape index (κ3) is 4.01. The molecule has 0 amide bonds. The Hall–Kier alpha value is -1.01. The predicted octanol–water partition coefficient (Wildman–Crippen LogP) is 2.62. The summed E-state index contributed by atoms with van der Waals surface area (Å²) in [6.45, 7) is 2.45. The lowest BCUT2D eigenvalue weighted by Crippen LogP contribution is -2.41. The third-order valence-electron chi connectivity index (χ3n) is 4.20. The molecule has 1 aromatic carbocycles. The fourth-order valence-electron chi connectivity index (χ4n) is 2.94. The number of sulfone groups is 1. The Bertz CT molecular complexity index is 604. The lowest BCUT2D eigenvalue weighted by molar-refractivity contribution is 0.483. The Balaban J connectivity index is 1.97. The van der Waals surface area contributed by atoms with Crippen LogP contribution in [0.15, 0.2) is 18.2 Å². The van der Waals surface area contributed by atoms with Gasteiger partial charge in [-0.2, -0.15) is 0 Å². The van der Waals surface area contributed by atoms with Crippen molar-refractivity contribution in [2.45, 2.75) is 43.4 Å². The zero-order valence-electron chi connectivity index (χ0n) is 12.3. The largest absolute Gasteiger partial charge is 0.312 e. The van der Waals surface area contributed by atoms with Crippen LogP contribution in [-0.2, 0) is 9.84 Å². The molecule has 0 spiro atoms. The molecule has 118 valence electrons. The van der Waals surface area contributed by atoms with Gasteiger partial charge in [0.25, 0.3) is 0 Å². The monoisotopic (exact) mass is 317 g/mol. The number of benzene rings is 1.